The predicted molar refractivity (Wildman–Crippen MR) is 83.0 cm³/mol. The van der Waals surface area contributed by atoms with Crippen LogP contribution in [0.4, 0.5) is 4.79 Å². The normalized spacial score (nSPS) is 26.5. The maximum Gasteiger partial charge on any atom is 0.317 e. The number of carbonyl (C=O) groups is 1. The highest BCUT2D eigenvalue weighted by atomic mass is 16.2. The van der Waals surface area contributed by atoms with Gasteiger partial charge in [0.05, 0.1) is 0 Å². The second-order valence-electron chi connectivity index (χ2n) is 6.56. The fraction of sp³-hybridized carbons (Fsp3) is 0.688. The highest BCUT2D eigenvalue weighted by Gasteiger charge is 2.37. The molecular weight excluding hydrogens is 264 g/mol. The fourth-order valence-electron chi connectivity index (χ4n) is 3.78. The highest BCUT2D eigenvalue weighted by molar-refractivity contribution is 5.74. The number of fused-ring (bicyclic) bond motifs is 1. The van der Waals surface area contributed by atoms with E-state index in [0.29, 0.717) is 18.5 Å². The van der Waals surface area contributed by atoms with Crippen LogP contribution in [0.1, 0.15) is 24.8 Å². The van der Waals surface area contributed by atoms with Crippen LogP contribution in [0.15, 0.2) is 18.5 Å². The Morgan fingerprint density at radius 1 is 1.33 bits per heavy atom. The molecular formula is C16H26N4O. The number of nitrogens with one attached hydrogen (secondary N) is 1. The molecule has 21 heavy (non-hydrogen) atoms. The molecule has 5 heteroatoms. The third-order valence-corrected chi connectivity index (χ3v) is 4.87. The van der Waals surface area contributed by atoms with Gasteiger partial charge in [0.2, 0.25) is 0 Å². The van der Waals surface area contributed by atoms with Crippen molar-refractivity contribution < 1.29 is 4.79 Å². The summed E-state index contributed by atoms with van der Waals surface area (Å²) >= 11 is 0. The van der Waals surface area contributed by atoms with Crippen molar-refractivity contribution in [3.63, 3.8) is 0 Å². The summed E-state index contributed by atoms with van der Waals surface area (Å²) in [4.78, 5) is 17.0. The van der Waals surface area contributed by atoms with Gasteiger partial charge in [-0.1, -0.05) is 0 Å². The summed E-state index contributed by atoms with van der Waals surface area (Å²) in [6.45, 7) is 3.76. The average Bonchev–Trinajstić information content (AvgIpc) is 2.89. The third kappa shape index (κ3) is 3.23. The second kappa shape index (κ2) is 6.10. The molecule has 2 aliphatic heterocycles. The van der Waals surface area contributed by atoms with Gasteiger partial charge in [-0.3, -0.25) is 0 Å². The topological polar surface area (TPSA) is 40.5 Å². The van der Waals surface area contributed by atoms with Gasteiger partial charge in [0.25, 0.3) is 0 Å². The van der Waals surface area contributed by atoms with Crippen LogP contribution in [-0.2, 0) is 13.6 Å². The molecule has 1 aromatic heterocycles. The summed E-state index contributed by atoms with van der Waals surface area (Å²) in [6.07, 6.45) is 7.56. The fourth-order valence-corrected chi connectivity index (χ4v) is 3.78. The van der Waals surface area contributed by atoms with Gasteiger partial charge in [-0.15, -0.1) is 0 Å². The smallest absolute Gasteiger partial charge is 0.317 e. The van der Waals surface area contributed by atoms with Crippen molar-refractivity contribution in [2.75, 3.05) is 26.7 Å². The summed E-state index contributed by atoms with van der Waals surface area (Å²) < 4.78 is 2.01. The molecule has 5 nitrogen and oxygen atoms in total. The summed E-state index contributed by atoms with van der Waals surface area (Å²) in [7, 11) is 4.18. The first-order valence-corrected chi connectivity index (χ1v) is 7.97. The van der Waals surface area contributed by atoms with Crippen LogP contribution in [0.5, 0.6) is 0 Å². The molecule has 0 bridgehead atoms. The average molecular weight is 290 g/mol. The molecule has 3 heterocycles. The molecule has 116 valence electrons. The van der Waals surface area contributed by atoms with E-state index in [1.165, 1.54) is 6.42 Å². The minimum Gasteiger partial charge on any atom is -0.357 e. The Hall–Kier alpha value is -1.49. The largest absolute Gasteiger partial charge is 0.357 e. The summed E-state index contributed by atoms with van der Waals surface area (Å²) in [5.41, 5.74) is 1.16. The molecule has 2 atom stereocenters. The van der Waals surface area contributed by atoms with Gasteiger partial charge in [-0.25, -0.2) is 4.79 Å². The number of aryl methyl sites for hydroxylation is 1. The first-order chi connectivity index (χ1) is 10.1. The summed E-state index contributed by atoms with van der Waals surface area (Å²) in [5.74, 6) is 0.653. The maximum atomic E-state index is 12.5. The molecule has 0 aromatic carbocycles. The van der Waals surface area contributed by atoms with Gasteiger partial charge in [-0.05, 0) is 50.4 Å². The minimum atomic E-state index is 0.109. The van der Waals surface area contributed by atoms with Gasteiger partial charge in [0.15, 0.2) is 0 Å². The van der Waals surface area contributed by atoms with Crippen molar-refractivity contribution in [3.8, 4) is 0 Å². The van der Waals surface area contributed by atoms with Gasteiger partial charge in [0, 0.05) is 45.1 Å². The number of nitrogens with zero attached hydrogens (tertiary/aromatic N) is 3. The molecule has 2 amide bonds. The number of hydrogen-bond donors (Lipinski definition) is 1. The molecule has 2 aliphatic rings. The second-order valence-corrected chi connectivity index (χ2v) is 6.56. The molecule has 1 N–H and O–H groups in total. The van der Waals surface area contributed by atoms with E-state index < -0.39 is 0 Å². The Morgan fingerprint density at radius 2 is 2.19 bits per heavy atom. The Kier molecular flexibility index (Phi) is 4.19. The minimum absolute atomic E-state index is 0.109. The standard InChI is InChI=1S/C16H26N4O/c1-18-8-5-13(11-18)10-17-16(21)20-7-3-4-14-12-19(2)9-6-15(14)20/h5,8,11,14-15H,3-4,6-7,9-10,12H2,1-2H3,(H,17,21)/t14-,15+/m0/s1. The zero-order chi connectivity index (χ0) is 14.8. The van der Waals surface area contributed by atoms with E-state index in [0.717, 1.165) is 38.0 Å². The lowest BCUT2D eigenvalue weighted by molar-refractivity contribution is 0.0532. The lowest BCUT2D eigenvalue weighted by Crippen LogP contribution is -2.57. The third-order valence-electron chi connectivity index (χ3n) is 4.87. The SMILES string of the molecule is CN1CC[C@@H]2[C@@H](CCCN2C(=O)NCc2ccn(C)c2)C1. The quantitative estimate of drug-likeness (QED) is 0.900. The molecule has 0 aliphatic carbocycles. The van der Waals surface area contributed by atoms with E-state index in [1.807, 2.05) is 17.8 Å². The van der Waals surface area contributed by atoms with E-state index in [9.17, 15) is 4.79 Å². The van der Waals surface area contributed by atoms with Crippen molar-refractivity contribution >= 4 is 6.03 Å². The maximum absolute atomic E-state index is 12.5. The van der Waals surface area contributed by atoms with E-state index in [4.69, 9.17) is 0 Å². The van der Waals surface area contributed by atoms with E-state index >= 15 is 0 Å². The van der Waals surface area contributed by atoms with Crippen LogP contribution >= 0.6 is 0 Å². The first-order valence-electron chi connectivity index (χ1n) is 7.97. The zero-order valence-electron chi connectivity index (χ0n) is 13.1. The lowest BCUT2D eigenvalue weighted by Gasteiger charge is -2.46. The van der Waals surface area contributed by atoms with Crippen LogP contribution < -0.4 is 5.32 Å². The molecule has 2 fully saturated rings. The molecule has 0 radical (unpaired) electrons. The van der Waals surface area contributed by atoms with Crippen molar-refractivity contribution in [2.45, 2.75) is 31.8 Å². The van der Waals surface area contributed by atoms with Crippen LogP contribution in [0.25, 0.3) is 0 Å². The Bertz CT molecular complexity index is 498. The number of rotatable bonds is 2. The summed E-state index contributed by atoms with van der Waals surface area (Å²) in [6, 6.07) is 2.60. The molecule has 3 rings (SSSR count). The molecule has 2 saturated heterocycles. The van der Waals surface area contributed by atoms with Gasteiger partial charge >= 0.3 is 6.03 Å². The van der Waals surface area contributed by atoms with Gasteiger partial charge in [0.1, 0.15) is 0 Å². The number of carbonyl (C=O) groups excluding carboxylic acids is 1. The Morgan fingerprint density at radius 3 is 2.95 bits per heavy atom. The Labute approximate surface area is 126 Å². The number of aromatic nitrogens is 1. The van der Waals surface area contributed by atoms with Crippen LogP contribution in [0.2, 0.25) is 0 Å². The zero-order valence-corrected chi connectivity index (χ0v) is 13.1. The molecule has 0 spiro atoms. The highest BCUT2D eigenvalue weighted by Crippen LogP contribution is 2.30. The summed E-state index contributed by atoms with van der Waals surface area (Å²) in [5, 5.41) is 3.09. The number of piperidine rings is 2. The number of urea groups is 1. The van der Waals surface area contributed by atoms with Crippen molar-refractivity contribution in [1.82, 2.24) is 19.7 Å². The first kappa shape index (κ1) is 14.4. The van der Waals surface area contributed by atoms with Crippen molar-refractivity contribution in [3.05, 3.63) is 24.0 Å². The molecule has 1 aromatic rings. The Balaban J connectivity index is 1.58. The number of amides is 2. The van der Waals surface area contributed by atoms with Gasteiger partial charge in [-0.2, -0.15) is 0 Å². The molecule has 0 saturated carbocycles. The van der Waals surface area contributed by atoms with Crippen molar-refractivity contribution in [1.29, 1.82) is 0 Å². The van der Waals surface area contributed by atoms with E-state index in [2.05, 4.69) is 34.4 Å². The number of likely N-dealkylation sites (tertiary alicyclic amines) is 2. The monoisotopic (exact) mass is 290 g/mol. The van der Waals surface area contributed by atoms with Crippen LogP contribution in [0.3, 0.4) is 0 Å². The predicted octanol–water partition coefficient (Wildman–Crippen LogP) is 1.65. The number of hydrogen-bond acceptors (Lipinski definition) is 2. The molecule has 0 unspecified atom stereocenters. The van der Waals surface area contributed by atoms with Crippen LogP contribution in [0, 0.1) is 5.92 Å². The van der Waals surface area contributed by atoms with E-state index in [1.54, 1.807) is 0 Å². The van der Waals surface area contributed by atoms with E-state index in [-0.39, 0.29) is 6.03 Å². The van der Waals surface area contributed by atoms with Gasteiger partial charge < -0.3 is 19.7 Å². The lowest BCUT2D eigenvalue weighted by atomic mass is 9.84. The van der Waals surface area contributed by atoms with Crippen molar-refractivity contribution in [2.24, 2.45) is 13.0 Å². The van der Waals surface area contributed by atoms with Crippen LogP contribution in [-0.4, -0.2) is 53.1 Å².